The van der Waals surface area contributed by atoms with Crippen molar-refractivity contribution in [2.24, 2.45) is 0 Å². The monoisotopic (exact) mass is 289 g/mol. The molecule has 4 rings (SSSR count). The van der Waals surface area contributed by atoms with Crippen LogP contribution in [0.25, 0.3) is 32.6 Å². The summed E-state index contributed by atoms with van der Waals surface area (Å²) in [5, 5.41) is 11.9. The maximum Gasteiger partial charge on any atom is 0.256 e. The van der Waals surface area contributed by atoms with Gasteiger partial charge in [-0.2, -0.15) is 5.26 Å². The van der Waals surface area contributed by atoms with Gasteiger partial charge in [0.25, 0.3) is 5.56 Å². The maximum absolute atomic E-state index is 12.3. The number of benzene rings is 1. The number of aromatic amines is 2. The molecule has 0 saturated carbocycles. The Morgan fingerprint density at radius 1 is 1.23 bits per heavy atom. The highest BCUT2D eigenvalue weighted by Crippen LogP contribution is 2.31. The number of aryl methyl sites for hydroxylation is 1. The molecule has 1 aromatic carbocycles. The van der Waals surface area contributed by atoms with Crippen LogP contribution in [0.5, 0.6) is 0 Å². The highest BCUT2D eigenvalue weighted by molar-refractivity contribution is 6.22. The molecule has 0 atom stereocenters. The number of fused-ring (bicyclic) bond motifs is 6. The number of nitriles is 1. The van der Waals surface area contributed by atoms with E-state index in [1.54, 1.807) is 18.6 Å². The van der Waals surface area contributed by atoms with Crippen LogP contribution in [0.15, 0.2) is 35.5 Å². The first-order chi connectivity index (χ1) is 10.8. The molecule has 0 aliphatic carbocycles. The Morgan fingerprint density at radius 3 is 3.00 bits per heavy atom. The van der Waals surface area contributed by atoms with Crippen molar-refractivity contribution in [1.82, 2.24) is 19.9 Å². The van der Waals surface area contributed by atoms with Gasteiger partial charge in [0.05, 0.1) is 22.5 Å². The molecule has 22 heavy (non-hydrogen) atoms. The zero-order valence-electron chi connectivity index (χ0n) is 11.6. The second-order valence-electron chi connectivity index (χ2n) is 5.08. The third kappa shape index (κ3) is 1.69. The summed E-state index contributed by atoms with van der Waals surface area (Å²) in [4.78, 5) is 27.0. The van der Waals surface area contributed by atoms with Crippen molar-refractivity contribution in [3.63, 3.8) is 0 Å². The van der Waals surface area contributed by atoms with Crippen molar-refractivity contribution in [3.8, 4) is 6.07 Å². The van der Waals surface area contributed by atoms with Gasteiger partial charge in [-0.05, 0) is 12.1 Å². The fourth-order valence-corrected chi connectivity index (χ4v) is 2.86. The quantitative estimate of drug-likeness (QED) is 0.553. The van der Waals surface area contributed by atoms with E-state index in [-0.39, 0.29) is 5.56 Å². The topological polar surface area (TPSA) is 98.2 Å². The highest BCUT2D eigenvalue weighted by atomic mass is 16.1. The smallest absolute Gasteiger partial charge is 0.256 e. The van der Waals surface area contributed by atoms with Crippen molar-refractivity contribution in [2.45, 2.75) is 12.8 Å². The first kappa shape index (κ1) is 12.5. The van der Waals surface area contributed by atoms with Crippen molar-refractivity contribution < 1.29 is 0 Å². The van der Waals surface area contributed by atoms with Gasteiger partial charge in [-0.3, -0.25) is 9.78 Å². The van der Waals surface area contributed by atoms with Crippen LogP contribution in [0, 0.1) is 11.3 Å². The van der Waals surface area contributed by atoms with E-state index in [1.165, 1.54) is 0 Å². The molecule has 4 aromatic rings. The average Bonchev–Trinajstić information content (AvgIpc) is 2.97. The van der Waals surface area contributed by atoms with Crippen molar-refractivity contribution in [3.05, 3.63) is 46.9 Å². The normalized spacial score (nSPS) is 11.2. The van der Waals surface area contributed by atoms with E-state index < -0.39 is 0 Å². The van der Waals surface area contributed by atoms with Crippen LogP contribution >= 0.6 is 0 Å². The summed E-state index contributed by atoms with van der Waals surface area (Å²) in [5.74, 6) is 0.745. The summed E-state index contributed by atoms with van der Waals surface area (Å²) in [7, 11) is 0. The number of aromatic nitrogens is 4. The molecule has 0 spiro atoms. The van der Waals surface area contributed by atoms with Gasteiger partial charge >= 0.3 is 0 Å². The predicted octanol–water partition coefficient (Wildman–Crippen LogP) is 2.41. The second kappa shape index (κ2) is 4.67. The molecular formula is C16H11N5O. The molecule has 0 aliphatic heterocycles. The highest BCUT2D eigenvalue weighted by Gasteiger charge is 2.14. The lowest BCUT2D eigenvalue weighted by atomic mass is 10.0. The Hall–Kier alpha value is -3.20. The number of nitrogens with zero attached hydrogens (tertiary/aromatic N) is 3. The van der Waals surface area contributed by atoms with Crippen LogP contribution in [-0.2, 0) is 6.42 Å². The van der Waals surface area contributed by atoms with Crippen LogP contribution < -0.4 is 5.56 Å². The van der Waals surface area contributed by atoms with Crippen LogP contribution in [0.3, 0.4) is 0 Å². The van der Waals surface area contributed by atoms with E-state index in [0.29, 0.717) is 18.2 Å². The molecule has 0 aliphatic rings. The fourth-order valence-electron chi connectivity index (χ4n) is 2.86. The summed E-state index contributed by atoms with van der Waals surface area (Å²) in [5.41, 5.74) is 1.47. The number of hydrogen-bond acceptors (Lipinski definition) is 4. The first-order valence-electron chi connectivity index (χ1n) is 6.92. The van der Waals surface area contributed by atoms with Gasteiger partial charge in [0.15, 0.2) is 0 Å². The molecule has 106 valence electrons. The Morgan fingerprint density at radius 2 is 2.14 bits per heavy atom. The lowest BCUT2D eigenvalue weighted by Gasteiger charge is -2.04. The number of rotatable bonds is 2. The van der Waals surface area contributed by atoms with Gasteiger partial charge in [0, 0.05) is 47.6 Å². The Kier molecular flexibility index (Phi) is 2.66. The number of pyridine rings is 2. The number of hydrogen-bond donors (Lipinski definition) is 2. The molecular weight excluding hydrogens is 278 g/mol. The summed E-state index contributed by atoms with van der Waals surface area (Å²) in [6.07, 6.45) is 5.97. The van der Waals surface area contributed by atoms with Gasteiger partial charge < -0.3 is 9.97 Å². The third-order valence-electron chi connectivity index (χ3n) is 3.80. The van der Waals surface area contributed by atoms with Crippen LogP contribution in [-0.4, -0.2) is 19.9 Å². The first-order valence-corrected chi connectivity index (χ1v) is 6.92. The van der Waals surface area contributed by atoms with Crippen molar-refractivity contribution in [1.29, 1.82) is 5.26 Å². The second-order valence-corrected chi connectivity index (χ2v) is 5.08. The minimum Gasteiger partial charge on any atom is -0.341 e. The largest absolute Gasteiger partial charge is 0.341 e. The average molecular weight is 289 g/mol. The van der Waals surface area contributed by atoms with E-state index in [2.05, 4.69) is 26.0 Å². The van der Waals surface area contributed by atoms with Gasteiger partial charge in [-0.15, -0.1) is 0 Å². The van der Waals surface area contributed by atoms with E-state index in [4.69, 9.17) is 5.26 Å². The summed E-state index contributed by atoms with van der Waals surface area (Å²) in [6.45, 7) is 0. The Balaban J connectivity index is 2.22. The molecule has 3 aromatic heterocycles. The SMILES string of the molecule is N#CCCc1nc2c3cnccc3c3c(=O)[nH]ccc3c2[nH]1. The van der Waals surface area contributed by atoms with Gasteiger partial charge in [-0.1, -0.05) is 0 Å². The molecule has 3 heterocycles. The lowest BCUT2D eigenvalue weighted by molar-refractivity contribution is 0.925. The molecule has 6 heteroatoms. The number of nitrogens with one attached hydrogen (secondary N) is 2. The number of imidazole rings is 1. The van der Waals surface area contributed by atoms with E-state index in [0.717, 1.165) is 33.0 Å². The molecule has 2 N–H and O–H groups in total. The standard InChI is InChI=1S/C16H11N5O/c17-5-1-2-12-20-14-10-4-7-19-16(22)13(10)9-3-6-18-8-11(9)15(14)21-12/h3-4,6-8H,1-2H2,(H,19,22)(H,20,21). The molecule has 6 nitrogen and oxygen atoms in total. The van der Waals surface area contributed by atoms with Crippen molar-refractivity contribution >= 4 is 32.6 Å². The third-order valence-corrected chi connectivity index (χ3v) is 3.80. The summed E-state index contributed by atoms with van der Waals surface area (Å²) in [6, 6.07) is 5.81. The Labute approximate surface area is 124 Å². The molecule has 0 saturated heterocycles. The van der Waals surface area contributed by atoms with E-state index in [9.17, 15) is 4.79 Å². The van der Waals surface area contributed by atoms with Crippen LogP contribution in [0.1, 0.15) is 12.2 Å². The predicted molar refractivity (Wildman–Crippen MR) is 83.5 cm³/mol. The zero-order valence-corrected chi connectivity index (χ0v) is 11.6. The molecule has 0 unspecified atom stereocenters. The maximum atomic E-state index is 12.3. The minimum absolute atomic E-state index is 0.135. The van der Waals surface area contributed by atoms with Crippen LogP contribution in [0.2, 0.25) is 0 Å². The zero-order chi connectivity index (χ0) is 15.1. The molecule has 0 radical (unpaired) electrons. The summed E-state index contributed by atoms with van der Waals surface area (Å²) < 4.78 is 0. The van der Waals surface area contributed by atoms with Gasteiger partial charge in [-0.25, -0.2) is 4.98 Å². The minimum atomic E-state index is -0.135. The van der Waals surface area contributed by atoms with Crippen molar-refractivity contribution in [2.75, 3.05) is 0 Å². The Bertz CT molecular complexity index is 1120. The van der Waals surface area contributed by atoms with Gasteiger partial charge in [0.1, 0.15) is 5.82 Å². The lowest BCUT2D eigenvalue weighted by Crippen LogP contribution is -2.05. The van der Waals surface area contributed by atoms with E-state index >= 15 is 0 Å². The van der Waals surface area contributed by atoms with E-state index in [1.807, 2.05) is 12.1 Å². The fraction of sp³-hybridized carbons (Fsp3) is 0.125. The summed E-state index contributed by atoms with van der Waals surface area (Å²) >= 11 is 0. The van der Waals surface area contributed by atoms with Crippen LogP contribution in [0.4, 0.5) is 0 Å². The number of H-pyrrole nitrogens is 2. The molecule has 0 fully saturated rings. The van der Waals surface area contributed by atoms with Gasteiger partial charge in [0.2, 0.25) is 0 Å². The molecule has 0 amide bonds. The molecule has 0 bridgehead atoms.